The van der Waals surface area contributed by atoms with E-state index in [1.54, 1.807) is 12.1 Å². The van der Waals surface area contributed by atoms with Crippen molar-refractivity contribution < 1.29 is 9.90 Å². The number of hydrogen-bond acceptors (Lipinski definition) is 4. The molecule has 1 heterocycles. The first kappa shape index (κ1) is 15.8. The Morgan fingerprint density at radius 2 is 2.00 bits per heavy atom. The molecule has 116 valence electrons. The van der Waals surface area contributed by atoms with Crippen LogP contribution in [0.2, 0.25) is 0 Å². The maximum Gasteiger partial charge on any atom is 0.251 e. The van der Waals surface area contributed by atoms with Crippen LogP contribution in [0.5, 0.6) is 0 Å². The molecule has 1 saturated carbocycles. The van der Waals surface area contributed by atoms with Gasteiger partial charge in [0.15, 0.2) is 0 Å². The molecule has 0 saturated heterocycles. The summed E-state index contributed by atoms with van der Waals surface area (Å²) in [7, 11) is 0. The molecule has 0 radical (unpaired) electrons. The van der Waals surface area contributed by atoms with Crippen molar-refractivity contribution in [2.24, 2.45) is 0 Å². The fourth-order valence-electron chi connectivity index (χ4n) is 2.60. The quantitative estimate of drug-likeness (QED) is 0.777. The van der Waals surface area contributed by atoms with Gasteiger partial charge in [0.1, 0.15) is 5.82 Å². The van der Waals surface area contributed by atoms with Gasteiger partial charge < -0.3 is 16.2 Å². The number of aromatic nitrogens is 1. The van der Waals surface area contributed by atoms with Crippen molar-refractivity contribution in [3.05, 3.63) is 23.4 Å². The van der Waals surface area contributed by atoms with E-state index in [-0.39, 0.29) is 17.4 Å². The number of carbonyl (C=O) groups is 1. The van der Waals surface area contributed by atoms with Crippen LogP contribution < -0.4 is 11.1 Å². The van der Waals surface area contributed by atoms with Gasteiger partial charge in [0, 0.05) is 16.7 Å². The van der Waals surface area contributed by atoms with E-state index in [1.165, 1.54) is 0 Å². The monoisotopic (exact) mass is 291 g/mol. The van der Waals surface area contributed by atoms with Crippen LogP contribution in [0.1, 0.15) is 62.5 Å². The number of aliphatic hydroxyl groups is 1. The Morgan fingerprint density at radius 3 is 2.62 bits per heavy atom. The number of nitrogen functional groups attached to an aromatic ring is 1. The minimum atomic E-state index is -0.455. The van der Waals surface area contributed by atoms with Crippen LogP contribution in [0.25, 0.3) is 0 Å². The first-order valence-electron chi connectivity index (χ1n) is 7.54. The summed E-state index contributed by atoms with van der Waals surface area (Å²) in [6.45, 7) is 6.09. The van der Waals surface area contributed by atoms with Crippen LogP contribution in [0.4, 0.5) is 5.82 Å². The Hall–Kier alpha value is -1.62. The second-order valence-electron chi connectivity index (χ2n) is 6.85. The number of nitrogens with zero attached hydrogens (tertiary/aromatic N) is 1. The van der Waals surface area contributed by atoms with E-state index in [9.17, 15) is 9.90 Å². The summed E-state index contributed by atoms with van der Waals surface area (Å²) >= 11 is 0. The molecular weight excluding hydrogens is 266 g/mol. The molecule has 1 aliphatic carbocycles. The lowest BCUT2D eigenvalue weighted by Gasteiger charge is -2.28. The maximum absolute atomic E-state index is 12.4. The number of hydrogen-bond donors (Lipinski definition) is 3. The summed E-state index contributed by atoms with van der Waals surface area (Å²) < 4.78 is 0. The Balaban J connectivity index is 2.17. The fourth-order valence-corrected chi connectivity index (χ4v) is 2.60. The van der Waals surface area contributed by atoms with Crippen molar-refractivity contribution in [1.82, 2.24) is 10.3 Å². The maximum atomic E-state index is 12.4. The van der Waals surface area contributed by atoms with Gasteiger partial charge >= 0.3 is 0 Å². The van der Waals surface area contributed by atoms with Crippen LogP contribution in [0, 0.1) is 0 Å². The van der Waals surface area contributed by atoms with Gasteiger partial charge in [0.25, 0.3) is 5.91 Å². The second-order valence-corrected chi connectivity index (χ2v) is 6.85. The number of aliphatic hydroxyl groups excluding tert-OH is 1. The molecule has 0 aromatic carbocycles. The van der Waals surface area contributed by atoms with Gasteiger partial charge in [0.05, 0.1) is 12.1 Å². The number of nitrogens with two attached hydrogens (primary N) is 1. The minimum Gasteiger partial charge on any atom is -0.391 e. The average Bonchev–Trinajstić information content (AvgIpc) is 2.39. The number of nitrogens with one attached hydrogen (secondary N) is 1. The molecule has 1 aromatic heterocycles. The minimum absolute atomic E-state index is 0.168. The largest absolute Gasteiger partial charge is 0.391 e. The summed E-state index contributed by atoms with van der Waals surface area (Å²) in [4.78, 5) is 16.7. The number of anilines is 1. The van der Waals surface area contributed by atoms with Gasteiger partial charge in [0.2, 0.25) is 0 Å². The molecule has 0 spiro atoms. The van der Waals surface area contributed by atoms with E-state index in [4.69, 9.17) is 5.73 Å². The lowest BCUT2D eigenvalue weighted by Crippen LogP contribution is -2.45. The first-order chi connectivity index (χ1) is 9.77. The average molecular weight is 291 g/mol. The van der Waals surface area contributed by atoms with E-state index < -0.39 is 6.10 Å². The van der Waals surface area contributed by atoms with Crippen LogP contribution in [-0.4, -0.2) is 28.1 Å². The highest BCUT2D eigenvalue weighted by atomic mass is 16.3. The Kier molecular flexibility index (Phi) is 4.52. The summed E-state index contributed by atoms with van der Waals surface area (Å²) in [6.07, 6.45) is 3.16. The Labute approximate surface area is 126 Å². The molecule has 1 aromatic rings. The van der Waals surface area contributed by atoms with Crippen molar-refractivity contribution >= 4 is 11.7 Å². The van der Waals surface area contributed by atoms with Gasteiger partial charge in [-0.1, -0.05) is 33.6 Å². The zero-order chi connectivity index (χ0) is 15.6. The molecule has 4 N–H and O–H groups in total. The SMILES string of the molecule is CC(C)(C)c1cc(C(=O)NC2CCCCC2O)cc(N)n1. The normalized spacial score (nSPS) is 22.9. The Morgan fingerprint density at radius 1 is 1.33 bits per heavy atom. The van der Waals surface area contributed by atoms with Crippen molar-refractivity contribution in [1.29, 1.82) is 0 Å². The second kappa shape index (κ2) is 6.02. The molecule has 1 aliphatic rings. The highest BCUT2D eigenvalue weighted by Gasteiger charge is 2.25. The van der Waals surface area contributed by atoms with Crippen molar-refractivity contribution in [3.8, 4) is 0 Å². The molecule has 0 aliphatic heterocycles. The zero-order valence-electron chi connectivity index (χ0n) is 13.0. The van der Waals surface area contributed by atoms with E-state index >= 15 is 0 Å². The topological polar surface area (TPSA) is 88.2 Å². The summed E-state index contributed by atoms with van der Waals surface area (Å²) in [5.41, 5.74) is 6.94. The van der Waals surface area contributed by atoms with Gasteiger partial charge in [-0.2, -0.15) is 0 Å². The van der Waals surface area contributed by atoms with Crippen molar-refractivity contribution in [2.75, 3.05) is 5.73 Å². The molecule has 5 nitrogen and oxygen atoms in total. The van der Waals surface area contributed by atoms with Gasteiger partial charge in [-0.05, 0) is 25.0 Å². The highest BCUT2D eigenvalue weighted by molar-refractivity contribution is 5.95. The lowest BCUT2D eigenvalue weighted by molar-refractivity contribution is 0.0717. The molecule has 21 heavy (non-hydrogen) atoms. The third-order valence-corrected chi connectivity index (χ3v) is 3.92. The van der Waals surface area contributed by atoms with E-state index in [1.807, 2.05) is 20.8 Å². The van der Waals surface area contributed by atoms with Gasteiger partial charge in [-0.25, -0.2) is 4.98 Å². The molecule has 0 bridgehead atoms. The molecule has 2 rings (SSSR count). The number of rotatable bonds is 2. The van der Waals surface area contributed by atoms with E-state index in [0.29, 0.717) is 11.4 Å². The standard InChI is InChI=1S/C16H25N3O2/c1-16(2,3)13-8-10(9-14(17)19-13)15(21)18-11-6-4-5-7-12(11)20/h8-9,11-12,20H,4-7H2,1-3H3,(H2,17,19)(H,18,21). The van der Waals surface area contributed by atoms with E-state index in [0.717, 1.165) is 31.4 Å². The fraction of sp³-hybridized carbons (Fsp3) is 0.625. The molecule has 2 atom stereocenters. The Bertz CT molecular complexity index is 523. The summed E-state index contributed by atoms with van der Waals surface area (Å²) in [6, 6.07) is 3.19. The predicted octanol–water partition coefficient (Wildman–Crippen LogP) is 1.99. The smallest absolute Gasteiger partial charge is 0.251 e. The van der Waals surface area contributed by atoms with Crippen LogP contribution >= 0.6 is 0 Å². The highest BCUT2D eigenvalue weighted by Crippen LogP contribution is 2.23. The van der Waals surface area contributed by atoms with Gasteiger partial charge in [-0.3, -0.25) is 4.79 Å². The number of amides is 1. The lowest BCUT2D eigenvalue weighted by atomic mass is 9.90. The summed E-state index contributed by atoms with van der Waals surface area (Å²) in [5.74, 6) is 0.150. The number of pyridine rings is 1. The molecular formula is C16H25N3O2. The number of carbonyl (C=O) groups excluding carboxylic acids is 1. The zero-order valence-corrected chi connectivity index (χ0v) is 13.0. The molecule has 5 heteroatoms. The van der Waals surface area contributed by atoms with Crippen molar-refractivity contribution in [2.45, 2.75) is 64.0 Å². The van der Waals surface area contributed by atoms with Gasteiger partial charge in [-0.15, -0.1) is 0 Å². The van der Waals surface area contributed by atoms with Crippen LogP contribution in [0.3, 0.4) is 0 Å². The third kappa shape index (κ3) is 3.94. The van der Waals surface area contributed by atoms with Crippen LogP contribution in [0.15, 0.2) is 12.1 Å². The predicted molar refractivity (Wildman–Crippen MR) is 83.1 cm³/mol. The molecule has 1 fully saturated rings. The van der Waals surface area contributed by atoms with Crippen LogP contribution in [-0.2, 0) is 5.41 Å². The van der Waals surface area contributed by atoms with E-state index in [2.05, 4.69) is 10.3 Å². The molecule has 2 unspecified atom stereocenters. The van der Waals surface area contributed by atoms with Crippen molar-refractivity contribution in [3.63, 3.8) is 0 Å². The first-order valence-corrected chi connectivity index (χ1v) is 7.54. The summed E-state index contributed by atoms with van der Waals surface area (Å²) in [5, 5.41) is 12.9. The third-order valence-electron chi connectivity index (χ3n) is 3.92. The molecule has 1 amide bonds.